The molecule has 0 aliphatic rings. The zero-order chi connectivity index (χ0) is 22.1. The lowest BCUT2D eigenvalue weighted by Gasteiger charge is -2.19. The SMILES string of the molecule is C=CCN(CC=C)S(=O)(=O)c1ccc(NC(=O)COc2ccc(C)cc2OC)cc1. The highest BCUT2D eigenvalue weighted by atomic mass is 32.2. The number of ether oxygens (including phenoxy) is 2. The number of methoxy groups -OCH3 is 1. The smallest absolute Gasteiger partial charge is 0.262 e. The van der Waals surface area contributed by atoms with Gasteiger partial charge in [-0.2, -0.15) is 4.31 Å². The van der Waals surface area contributed by atoms with E-state index >= 15 is 0 Å². The lowest BCUT2D eigenvalue weighted by atomic mass is 10.2. The fourth-order valence-electron chi connectivity index (χ4n) is 2.65. The van der Waals surface area contributed by atoms with E-state index in [4.69, 9.17) is 9.47 Å². The highest BCUT2D eigenvalue weighted by Gasteiger charge is 2.22. The van der Waals surface area contributed by atoms with Crippen molar-refractivity contribution in [3.05, 3.63) is 73.3 Å². The van der Waals surface area contributed by atoms with Gasteiger partial charge in [0.05, 0.1) is 12.0 Å². The molecule has 1 amide bonds. The van der Waals surface area contributed by atoms with Crippen LogP contribution in [0.5, 0.6) is 11.5 Å². The zero-order valence-electron chi connectivity index (χ0n) is 17.1. The predicted octanol–water partition coefficient (Wildman–Crippen LogP) is 3.38. The summed E-state index contributed by atoms with van der Waals surface area (Å²) in [4.78, 5) is 12.3. The van der Waals surface area contributed by atoms with Gasteiger partial charge in [-0.1, -0.05) is 18.2 Å². The van der Waals surface area contributed by atoms with E-state index in [-0.39, 0.29) is 30.5 Å². The highest BCUT2D eigenvalue weighted by molar-refractivity contribution is 7.89. The Balaban J connectivity index is 2.02. The van der Waals surface area contributed by atoms with E-state index in [1.54, 1.807) is 6.07 Å². The molecule has 0 heterocycles. The number of anilines is 1. The Hall–Kier alpha value is -3.10. The molecule has 0 unspecified atom stereocenters. The molecule has 0 bridgehead atoms. The number of carbonyl (C=O) groups is 1. The number of hydrogen-bond acceptors (Lipinski definition) is 5. The minimum atomic E-state index is -3.69. The Labute approximate surface area is 177 Å². The summed E-state index contributed by atoms with van der Waals surface area (Å²) >= 11 is 0. The summed E-state index contributed by atoms with van der Waals surface area (Å²) in [6.07, 6.45) is 3.03. The van der Waals surface area contributed by atoms with E-state index in [9.17, 15) is 13.2 Å². The first-order valence-electron chi connectivity index (χ1n) is 9.21. The Morgan fingerprint density at radius 3 is 2.27 bits per heavy atom. The summed E-state index contributed by atoms with van der Waals surface area (Å²) < 4.78 is 37.4. The van der Waals surface area contributed by atoms with Gasteiger partial charge in [-0.25, -0.2) is 8.42 Å². The molecule has 0 aliphatic carbocycles. The van der Waals surface area contributed by atoms with Crippen LogP contribution in [0.1, 0.15) is 5.56 Å². The maximum absolute atomic E-state index is 12.7. The van der Waals surface area contributed by atoms with E-state index in [1.165, 1.54) is 47.8 Å². The third-order valence-electron chi connectivity index (χ3n) is 4.12. The van der Waals surface area contributed by atoms with Crippen LogP contribution in [0.4, 0.5) is 5.69 Å². The normalized spacial score (nSPS) is 11.0. The number of amides is 1. The number of aryl methyl sites for hydroxylation is 1. The van der Waals surface area contributed by atoms with Crippen molar-refractivity contribution >= 4 is 21.6 Å². The number of benzene rings is 2. The average Bonchev–Trinajstić information content (AvgIpc) is 2.73. The monoisotopic (exact) mass is 430 g/mol. The van der Waals surface area contributed by atoms with Crippen molar-refractivity contribution < 1.29 is 22.7 Å². The molecule has 30 heavy (non-hydrogen) atoms. The van der Waals surface area contributed by atoms with Crippen molar-refractivity contribution in [1.29, 1.82) is 0 Å². The molecule has 7 nitrogen and oxygen atoms in total. The minimum Gasteiger partial charge on any atom is -0.493 e. The maximum Gasteiger partial charge on any atom is 0.262 e. The van der Waals surface area contributed by atoms with Crippen LogP contribution in [0.15, 0.2) is 72.7 Å². The molecule has 8 heteroatoms. The lowest BCUT2D eigenvalue weighted by Crippen LogP contribution is -2.31. The molecule has 0 atom stereocenters. The summed E-state index contributed by atoms with van der Waals surface area (Å²) in [5.41, 5.74) is 1.47. The average molecular weight is 431 g/mol. The van der Waals surface area contributed by atoms with Crippen LogP contribution in [0, 0.1) is 6.92 Å². The predicted molar refractivity (Wildman–Crippen MR) is 117 cm³/mol. The number of rotatable bonds is 11. The van der Waals surface area contributed by atoms with Gasteiger partial charge in [-0.3, -0.25) is 4.79 Å². The molecule has 0 aliphatic heterocycles. The third kappa shape index (κ3) is 5.95. The van der Waals surface area contributed by atoms with Gasteiger partial charge in [-0.15, -0.1) is 13.2 Å². The standard InChI is InChI=1S/C22H26N2O5S/c1-5-13-24(14-6-2)30(26,27)19-10-8-18(9-11-19)23-22(25)16-29-20-12-7-17(3)15-21(20)28-4/h5-12,15H,1-2,13-14,16H2,3-4H3,(H,23,25). The van der Waals surface area contributed by atoms with Gasteiger partial charge in [-0.05, 0) is 48.9 Å². The Kier molecular flexibility index (Phi) is 8.20. The van der Waals surface area contributed by atoms with Crippen LogP contribution >= 0.6 is 0 Å². The lowest BCUT2D eigenvalue weighted by molar-refractivity contribution is -0.118. The molecule has 160 valence electrons. The zero-order valence-corrected chi connectivity index (χ0v) is 17.9. The maximum atomic E-state index is 12.7. The van der Waals surface area contributed by atoms with Gasteiger partial charge < -0.3 is 14.8 Å². The van der Waals surface area contributed by atoms with Crippen molar-refractivity contribution in [2.45, 2.75) is 11.8 Å². The van der Waals surface area contributed by atoms with Gasteiger partial charge in [0.1, 0.15) is 0 Å². The van der Waals surface area contributed by atoms with Crippen LogP contribution in [0.3, 0.4) is 0 Å². The van der Waals surface area contributed by atoms with Crippen LogP contribution in [-0.4, -0.2) is 45.4 Å². The van der Waals surface area contributed by atoms with E-state index < -0.39 is 10.0 Å². The molecule has 0 fully saturated rings. The van der Waals surface area contributed by atoms with Gasteiger partial charge in [0.25, 0.3) is 5.91 Å². The highest BCUT2D eigenvalue weighted by Crippen LogP contribution is 2.27. The summed E-state index contributed by atoms with van der Waals surface area (Å²) in [5, 5.41) is 2.67. The summed E-state index contributed by atoms with van der Waals surface area (Å²) in [6, 6.07) is 11.3. The Morgan fingerprint density at radius 1 is 1.07 bits per heavy atom. The van der Waals surface area contributed by atoms with Crippen LogP contribution in [0.25, 0.3) is 0 Å². The second-order valence-corrected chi connectivity index (χ2v) is 8.35. The summed E-state index contributed by atoms with van der Waals surface area (Å²) in [7, 11) is -2.16. The van der Waals surface area contributed by atoms with Gasteiger partial charge >= 0.3 is 0 Å². The molecular weight excluding hydrogens is 404 g/mol. The van der Waals surface area contributed by atoms with Crippen molar-refractivity contribution in [3.8, 4) is 11.5 Å². The van der Waals surface area contributed by atoms with Crippen molar-refractivity contribution in [2.24, 2.45) is 0 Å². The number of carbonyl (C=O) groups excluding carboxylic acids is 1. The van der Waals surface area contributed by atoms with Crippen LogP contribution in [-0.2, 0) is 14.8 Å². The summed E-state index contributed by atoms with van der Waals surface area (Å²) in [5.74, 6) is 0.623. The van der Waals surface area contributed by atoms with Crippen molar-refractivity contribution in [2.75, 3.05) is 32.1 Å². The van der Waals surface area contributed by atoms with Gasteiger partial charge in [0.15, 0.2) is 18.1 Å². The number of sulfonamides is 1. The molecule has 0 aromatic heterocycles. The largest absolute Gasteiger partial charge is 0.493 e. The van der Waals surface area contributed by atoms with Crippen molar-refractivity contribution in [3.63, 3.8) is 0 Å². The minimum absolute atomic E-state index is 0.116. The fourth-order valence-corrected chi connectivity index (χ4v) is 4.03. The fraction of sp³-hybridized carbons (Fsp3) is 0.227. The van der Waals surface area contributed by atoms with Gasteiger partial charge in [0.2, 0.25) is 10.0 Å². The molecular formula is C22H26N2O5S. The first-order chi connectivity index (χ1) is 14.3. The van der Waals surface area contributed by atoms with Crippen LogP contribution in [0.2, 0.25) is 0 Å². The molecule has 0 saturated carbocycles. The second kappa shape index (κ2) is 10.6. The Bertz CT molecular complexity index is 991. The first kappa shape index (κ1) is 23.2. The molecule has 2 rings (SSSR count). The van der Waals surface area contributed by atoms with Gasteiger partial charge in [0, 0.05) is 18.8 Å². The second-order valence-electron chi connectivity index (χ2n) is 6.41. The quantitative estimate of drug-likeness (QED) is 0.553. The molecule has 0 spiro atoms. The number of hydrogen-bond donors (Lipinski definition) is 1. The number of nitrogens with one attached hydrogen (secondary N) is 1. The molecule has 0 radical (unpaired) electrons. The van der Waals surface area contributed by atoms with E-state index in [2.05, 4.69) is 18.5 Å². The van der Waals surface area contributed by atoms with E-state index in [0.717, 1.165) is 5.56 Å². The van der Waals surface area contributed by atoms with Crippen molar-refractivity contribution in [1.82, 2.24) is 4.31 Å². The summed E-state index contributed by atoms with van der Waals surface area (Å²) in [6.45, 7) is 9.22. The first-order valence-corrected chi connectivity index (χ1v) is 10.6. The third-order valence-corrected chi connectivity index (χ3v) is 5.97. The molecule has 2 aromatic carbocycles. The Morgan fingerprint density at radius 2 is 1.70 bits per heavy atom. The topological polar surface area (TPSA) is 84.9 Å². The molecule has 0 saturated heterocycles. The molecule has 2 aromatic rings. The van der Waals surface area contributed by atoms with Crippen LogP contribution < -0.4 is 14.8 Å². The van der Waals surface area contributed by atoms with E-state index in [0.29, 0.717) is 17.2 Å². The molecule has 1 N–H and O–H groups in total. The van der Waals surface area contributed by atoms with E-state index in [1.807, 2.05) is 19.1 Å². The number of nitrogens with zero attached hydrogens (tertiary/aromatic N) is 1.